The summed E-state index contributed by atoms with van der Waals surface area (Å²) in [5, 5.41) is 1.04. The van der Waals surface area contributed by atoms with Crippen LogP contribution in [-0.2, 0) is 0 Å². The fourth-order valence-electron chi connectivity index (χ4n) is 1.46. The maximum Gasteiger partial charge on any atom is 0.239 e. The van der Waals surface area contributed by atoms with Crippen LogP contribution in [0.5, 0.6) is 11.6 Å². The van der Waals surface area contributed by atoms with Gasteiger partial charge in [-0.1, -0.05) is 23.2 Å². The Morgan fingerprint density at radius 3 is 2.29 bits per heavy atom. The van der Waals surface area contributed by atoms with Crippen molar-refractivity contribution in [2.24, 2.45) is 0 Å². The molecule has 5 heteroatoms. The van der Waals surface area contributed by atoms with Crippen LogP contribution in [0.3, 0.4) is 0 Å². The van der Waals surface area contributed by atoms with Crippen molar-refractivity contribution < 1.29 is 4.74 Å². The summed E-state index contributed by atoms with van der Waals surface area (Å²) in [6, 6.07) is 3.69. The first kappa shape index (κ1) is 12.1. The summed E-state index contributed by atoms with van der Waals surface area (Å²) in [5.74, 6) is 1.03. The van der Waals surface area contributed by atoms with Crippen LogP contribution < -0.4 is 4.74 Å². The van der Waals surface area contributed by atoms with E-state index < -0.39 is 0 Å². The molecule has 0 amide bonds. The van der Waals surface area contributed by atoms with E-state index in [1.54, 1.807) is 0 Å². The fraction of sp³-hybridized carbons (Fsp3) is 0.167. The lowest BCUT2D eigenvalue weighted by Crippen LogP contribution is -1.91. The van der Waals surface area contributed by atoms with Crippen molar-refractivity contribution in [3.8, 4) is 11.6 Å². The van der Waals surface area contributed by atoms with Crippen molar-refractivity contribution in [1.29, 1.82) is 0 Å². The van der Waals surface area contributed by atoms with Gasteiger partial charge in [-0.15, -0.1) is 0 Å². The minimum Gasteiger partial charge on any atom is -0.437 e. The highest BCUT2D eigenvalue weighted by molar-refractivity contribution is 6.32. The Morgan fingerprint density at radius 1 is 1.06 bits per heavy atom. The van der Waals surface area contributed by atoms with Crippen molar-refractivity contribution in [3.05, 3.63) is 45.8 Å². The molecule has 1 aromatic carbocycles. The molecule has 0 aliphatic heterocycles. The van der Waals surface area contributed by atoms with Gasteiger partial charge in [0.1, 0.15) is 5.75 Å². The molecule has 0 radical (unpaired) electrons. The van der Waals surface area contributed by atoms with Crippen LogP contribution in [0.2, 0.25) is 10.2 Å². The van der Waals surface area contributed by atoms with E-state index in [4.69, 9.17) is 27.9 Å². The molecule has 17 heavy (non-hydrogen) atoms. The third kappa shape index (κ3) is 2.87. The summed E-state index contributed by atoms with van der Waals surface area (Å²) in [5.41, 5.74) is 1.91. The van der Waals surface area contributed by atoms with E-state index in [1.807, 2.05) is 26.0 Å². The molecule has 0 unspecified atom stereocenters. The summed E-state index contributed by atoms with van der Waals surface area (Å²) in [6.45, 7) is 3.84. The van der Waals surface area contributed by atoms with Crippen molar-refractivity contribution in [1.82, 2.24) is 9.97 Å². The second-order valence-electron chi connectivity index (χ2n) is 3.65. The monoisotopic (exact) mass is 268 g/mol. The predicted octanol–water partition coefficient (Wildman–Crippen LogP) is 4.19. The first-order chi connectivity index (χ1) is 8.06. The third-order valence-corrected chi connectivity index (χ3v) is 2.99. The van der Waals surface area contributed by atoms with Gasteiger partial charge < -0.3 is 4.74 Å². The summed E-state index contributed by atoms with van der Waals surface area (Å²) < 4.78 is 5.56. The third-order valence-electron chi connectivity index (χ3n) is 2.22. The number of hydrogen-bond donors (Lipinski definition) is 0. The van der Waals surface area contributed by atoms with Gasteiger partial charge in [-0.2, -0.15) is 4.98 Å². The van der Waals surface area contributed by atoms with Crippen molar-refractivity contribution in [2.75, 3.05) is 0 Å². The van der Waals surface area contributed by atoms with Crippen molar-refractivity contribution in [2.45, 2.75) is 13.8 Å². The van der Waals surface area contributed by atoms with Gasteiger partial charge in [-0.3, -0.25) is 4.98 Å². The molecule has 2 rings (SSSR count). The fourth-order valence-corrected chi connectivity index (χ4v) is 1.71. The Hall–Kier alpha value is -1.32. The average molecular weight is 269 g/mol. The molecular formula is C12H10Cl2N2O. The zero-order valence-corrected chi connectivity index (χ0v) is 10.9. The maximum absolute atomic E-state index is 6.07. The van der Waals surface area contributed by atoms with E-state index >= 15 is 0 Å². The number of benzene rings is 1. The van der Waals surface area contributed by atoms with Gasteiger partial charge in [0.15, 0.2) is 5.15 Å². The van der Waals surface area contributed by atoms with Crippen LogP contribution in [0.15, 0.2) is 24.5 Å². The molecule has 1 aromatic heterocycles. The number of halogens is 2. The number of hydrogen-bond acceptors (Lipinski definition) is 3. The lowest BCUT2D eigenvalue weighted by molar-refractivity contribution is 0.459. The Morgan fingerprint density at radius 2 is 1.71 bits per heavy atom. The largest absolute Gasteiger partial charge is 0.437 e. The molecule has 3 nitrogen and oxygen atoms in total. The molecule has 0 saturated carbocycles. The minimum absolute atomic E-state index is 0.296. The molecule has 1 heterocycles. The van der Waals surface area contributed by atoms with Gasteiger partial charge in [-0.05, 0) is 37.1 Å². The van der Waals surface area contributed by atoms with Gasteiger partial charge in [-0.25, -0.2) is 0 Å². The van der Waals surface area contributed by atoms with E-state index in [0.717, 1.165) is 16.1 Å². The number of aromatic nitrogens is 2. The van der Waals surface area contributed by atoms with Gasteiger partial charge in [0.25, 0.3) is 0 Å². The second kappa shape index (κ2) is 4.90. The predicted molar refractivity (Wildman–Crippen MR) is 68.0 cm³/mol. The zero-order valence-electron chi connectivity index (χ0n) is 9.37. The minimum atomic E-state index is 0.296. The highest BCUT2D eigenvalue weighted by atomic mass is 35.5. The van der Waals surface area contributed by atoms with Gasteiger partial charge >= 0.3 is 0 Å². The van der Waals surface area contributed by atoms with Gasteiger partial charge in [0.05, 0.1) is 12.4 Å². The second-order valence-corrected chi connectivity index (χ2v) is 4.42. The lowest BCUT2D eigenvalue weighted by atomic mass is 10.1. The van der Waals surface area contributed by atoms with Crippen molar-refractivity contribution in [3.63, 3.8) is 0 Å². The molecule has 2 aromatic rings. The molecule has 0 bridgehead atoms. The smallest absolute Gasteiger partial charge is 0.239 e. The molecule has 0 spiro atoms. The SMILES string of the molecule is Cc1cc(Oc2cncc(Cl)n2)cc(C)c1Cl. The van der Waals surface area contributed by atoms with E-state index in [1.165, 1.54) is 12.4 Å². The highest BCUT2D eigenvalue weighted by Gasteiger charge is 2.05. The Kier molecular flexibility index (Phi) is 3.50. The van der Waals surface area contributed by atoms with Gasteiger partial charge in [0.2, 0.25) is 5.88 Å². The molecule has 0 N–H and O–H groups in total. The number of nitrogens with zero attached hydrogens (tertiary/aromatic N) is 2. The molecule has 0 saturated heterocycles. The summed E-state index contributed by atoms with van der Waals surface area (Å²) >= 11 is 11.8. The van der Waals surface area contributed by atoms with Crippen molar-refractivity contribution >= 4 is 23.2 Å². The van der Waals surface area contributed by atoms with Crippen LogP contribution >= 0.6 is 23.2 Å². The molecular weight excluding hydrogens is 259 g/mol. The maximum atomic E-state index is 6.07. The first-order valence-corrected chi connectivity index (χ1v) is 5.74. The van der Waals surface area contributed by atoms with E-state index in [-0.39, 0.29) is 0 Å². The van der Waals surface area contributed by atoms with Crippen LogP contribution in [0, 0.1) is 13.8 Å². The first-order valence-electron chi connectivity index (χ1n) is 4.98. The number of rotatable bonds is 2. The van der Waals surface area contributed by atoms with Crippen LogP contribution in [0.1, 0.15) is 11.1 Å². The Balaban J connectivity index is 2.31. The zero-order chi connectivity index (χ0) is 12.4. The normalized spacial score (nSPS) is 10.4. The molecule has 0 aliphatic carbocycles. The average Bonchev–Trinajstić information content (AvgIpc) is 2.26. The molecule has 0 atom stereocenters. The topological polar surface area (TPSA) is 35.0 Å². The summed E-state index contributed by atoms with van der Waals surface area (Å²) in [4.78, 5) is 7.90. The standard InChI is InChI=1S/C12H10Cl2N2O/c1-7-3-9(4-8(2)12(7)14)17-11-6-15-5-10(13)16-11/h3-6H,1-2H3. The van der Waals surface area contributed by atoms with Crippen LogP contribution in [-0.4, -0.2) is 9.97 Å². The number of ether oxygens (including phenoxy) is 1. The number of aryl methyl sites for hydroxylation is 2. The van der Waals surface area contributed by atoms with E-state index in [9.17, 15) is 0 Å². The summed E-state index contributed by atoms with van der Waals surface area (Å²) in [6.07, 6.45) is 2.96. The van der Waals surface area contributed by atoms with Crippen LogP contribution in [0.4, 0.5) is 0 Å². The highest BCUT2D eigenvalue weighted by Crippen LogP contribution is 2.28. The van der Waals surface area contributed by atoms with E-state index in [2.05, 4.69) is 9.97 Å². The molecule has 88 valence electrons. The summed E-state index contributed by atoms with van der Waals surface area (Å²) in [7, 11) is 0. The van der Waals surface area contributed by atoms with Crippen LogP contribution in [0.25, 0.3) is 0 Å². The lowest BCUT2D eigenvalue weighted by Gasteiger charge is -2.08. The molecule has 0 fully saturated rings. The van der Waals surface area contributed by atoms with Gasteiger partial charge in [0, 0.05) is 5.02 Å². The van der Waals surface area contributed by atoms with E-state index in [0.29, 0.717) is 16.8 Å². The quantitative estimate of drug-likeness (QED) is 0.819. The Labute approximate surface area is 109 Å². The Bertz CT molecular complexity index is 535. The molecule has 0 aliphatic rings.